The third-order valence-corrected chi connectivity index (χ3v) is 6.94. The second-order valence-corrected chi connectivity index (χ2v) is 9.39. The lowest BCUT2D eigenvalue weighted by Crippen LogP contribution is -2.48. The molecule has 0 bridgehead atoms. The molecule has 0 aliphatic carbocycles. The normalized spacial score (nSPS) is 14.5. The fourth-order valence-electron chi connectivity index (χ4n) is 3.93. The predicted octanol–water partition coefficient (Wildman–Crippen LogP) is 3.44. The summed E-state index contributed by atoms with van der Waals surface area (Å²) in [5.74, 6) is 0.737. The molecule has 2 aromatic carbocycles. The molecule has 1 aliphatic heterocycles. The van der Waals surface area contributed by atoms with Crippen molar-refractivity contribution in [2.75, 3.05) is 33.3 Å². The van der Waals surface area contributed by atoms with Crippen LogP contribution in [-0.4, -0.2) is 63.6 Å². The Hall–Kier alpha value is -3.27. The van der Waals surface area contributed by atoms with Gasteiger partial charge in [-0.05, 0) is 36.4 Å². The number of methoxy groups -OCH3 is 1. The molecule has 0 radical (unpaired) electrons. The van der Waals surface area contributed by atoms with Crippen LogP contribution in [-0.2, 0) is 6.54 Å². The molecule has 174 valence electrons. The fraction of sp³-hybridized carbons (Fsp3) is 0.250. The van der Waals surface area contributed by atoms with Crippen molar-refractivity contribution in [2.24, 2.45) is 0 Å². The smallest absolute Gasteiger partial charge is 0.275 e. The number of nitrogens with zero attached hydrogens (tertiary/aromatic N) is 5. The van der Waals surface area contributed by atoms with Crippen LogP contribution in [0.1, 0.15) is 16.1 Å². The summed E-state index contributed by atoms with van der Waals surface area (Å²) in [5, 5.41) is 5.72. The zero-order valence-corrected chi connectivity index (χ0v) is 20.1. The van der Waals surface area contributed by atoms with Crippen LogP contribution >= 0.6 is 22.9 Å². The van der Waals surface area contributed by atoms with E-state index in [0.717, 1.165) is 11.3 Å². The van der Waals surface area contributed by atoms with E-state index in [2.05, 4.69) is 15.0 Å². The molecular weight excluding hydrogens is 474 g/mol. The standard InChI is InChI=1S/C24H22ClN5O3S/c1-33-20-7-5-16(6-8-20)23(32)29-11-9-28(10-12-29)15-19-14-21(31)30-24(26-19)34-22(27-30)17-3-2-4-18(25)13-17/h2-8,13-14H,9-12,15H2,1H3. The van der Waals surface area contributed by atoms with Crippen LogP contribution in [0.4, 0.5) is 0 Å². The van der Waals surface area contributed by atoms with Crippen molar-refractivity contribution in [3.05, 3.63) is 81.2 Å². The van der Waals surface area contributed by atoms with Crippen molar-refractivity contribution in [2.45, 2.75) is 6.54 Å². The maximum Gasteiger partial charge on any atom is 0.275 e. The van der Waals surface area contributed by atoms with E-state index in [-0.39, 0.29) is 11.5 Å². The highest BCUT2D eigenvalue weighted by molar-refractivity contribution is 7.19. The molecule has 1 fully saturated rings. The fourth-order valence-corrected chi connectivity index (χ4v) is 5.04. The van der Waals surface area contributed by atoms with E-state index in [1.165, 1.54) is 21.9 Å². The molecule has 34 heavy (non-hydrogen) atoms. The number of carbonyl (C=O) groups is 1. The molecule has 3 heterocycles. The lowest BCUT2D eigenvalue weighted by atomic mass is 10.1. The van der Waals surface area contributed by atoms with E-state index in [4.69, 9.17) is 16.3 Å². The molecule has 1 aliphatic rings. The minimum atomic E-state index is -0.210. The Balaban J connectivity index is 1.26. The molecule has 5 rings (SSSR count). The van der Waals surface area contributed by atoms with Gasteiger partial charge in [0.05, 0.1) is 12.8 Å². The molecule has 1 saturated heterocycles. The summed E-state index contributed by atoms with van der Waals surface area (Å²) >= 11 is 7.45. The van der Waals surface area contributed by atoms with Crippen LogP contribution in [0.2, 0.25) is 5.02 Å². The van der Waals surface area contributed by atoms with Crippen molar-refractivity contribution in [3.8, 4) is 16.3 Å². The van der Waals surface area contributed by atoms with Gasteiger partial charge in [0.25, 0.3) is 11.5 Å². The Labute approximate surface area is 205 Å². The average molecular weight is 496 g/mol. The maximum absolute atomic E-state index is 12.8. The van der Waals surface area contributed by atoms with Crippen LogP contribution in [0.3, 0.4) is 0 Å². The molecule has 0 atom stereocenters. The van der Waals surface area contributed by atoms with E-state index in [1.54, 1.807) is 37.4 Å². The number of carbonyl (C=O) groups excluding carboxylic acids is 1. The topological polar surface area (TPSA) is 80.0 Å². The third kappa shape index (κ3) is 4.68. The monoisotopic (exact) mass is 495 g/mol. The number of hydrogen-bond donors (Lipinski definition) is 0. The van der Waals surface area contributed by atoms with E-state index < -0.39 is 0 Å². The second kappa shape index (κ2) is 9.54. The molecule has 4 aromatic rings. The number of hydrogen-bond acceptors (Lipinski definition) is 7. The van der Waals surface area contributed by atoms with Crippen LogP contribution in [0.5, 0.6) is 5.75 Å². The van der Waals surface area contributed by atoms with Gasteiger partial charge in [-0.25, -0.2) is 4.98 Å². The largest absolute Gasteiger partial charge is 0.497 e. The van der Waals surface area contributed by atoms with Gasteiger partial charge in [-0.1, -0.05) is 35.1 Å². The first-order valence-electron chi connectivity index (χ1n) is 10.8. The van der Waals surface area contributed by atoms with E-state index >= 15 is 0 Å². The highest BCUT2D eigenvalue weighted by Gasteiger charge is 2.23. The lowest BCUT2D eigenvalue weighted by Gasteiger charge is -2.34. The van der Waals surface area contributed by atoms with Gasteiger partial charge in [0, 0.05) is 54.9 Å². The summed E-state index contributed by atoms with van der Waals surface area (Å²) in [6, 6.07) is 16.1. The number of amides is 1. The number of benzene rings is 2. The average Bonchev–Trinajstić information content (AvgIpc) is 3.29. The molecule has 2 aromatic heterocycles. The van der Waals surface area contributed by atoms with Gasteiger partial charge < -0.3 is 9.64 Å². The summed E-state index contributed by atoms with van der Waals surface area (Å²) in [7, 11) is 1.60. The first kappa shape index (κ1) is 22.5. The zero-order chi connectivity index (χ0) is 23.7. The molecule has 0 saturated carbocycles. The minimum Gasteiger partial charge on any atom is -0.497 e. The summed E-state index contributed by atoms with van der Waals surface area (Å²) in [5.41, 5.74) is 1.98. The Morgan fingerprint density at radius 1 is 1.09 bits per heavy atom. The highest BCUT2D eigenvalue weighted by Crippen LogP contribution is 2.26. The Morgan fingerprint density at radius 3 is 2.56 bits per heavy atom. The van der Waals surface area contributed by atoms with Crippen molar-refractivity contribution in [3.63, 3.8) is 0 Å². The van der Waals surface area contributed by atoms with Crippen molar-refractivity contribution < 1.29 is 9.53 Å². The Morgan fingerprint density at radius 2 is 1.85 bits per heavy atom. The summed E-state index contributed by atoms with van der Waals surface area (Å²) in [6.07, 6.45) is 0. The zero-order valence-electron chi connectivity index (χ0n) is 18.5. The Bertz CT molecular complexity index is 1390. The van der Waals surface area contributed by atoms with Gasteiger partial charge in [0.15, 0.2) is 0 Å². The van der Waals surface area contributed by atoms with Gasteiger partial charge in [-0.3, -0.25) is 14.5 Å². The van der Waals surface area contributed by atoms with E-state index in [1.807, 2.05) is 23.1 Å². The minimum absolute atomic E-state index is 0.0123. The number of halogens is 1. The Kier molecular flexibility index (Phi) is 6.32. The third-order valence-electron chi connectivity index (χ3n) is 5.75. The van der Waals surface area contributed by atoms with E-state index in [9.17, 15) is 9.59 Å². The molecular formula is C24H22ClN5O3S. The second-order valence-electron chi connectivity index (χ2n) is 7.99. The molecule has 10 heteroatoms. The van der Waals surface area contributed by atoms with Gasteiger partial charge in [0.1, 0.15) is 10.8 Å². The molecule has 0 unspecified atom stereocenters. The summed E-state index contributed by atoms with van der Waals surface area (Å²) in [4.78, 5) is 34.7. The van der Waals surface area contributed by atoms with Crippen molar-refractivity contribution in [1.82, 2.24) is 24.4 Å². The lowest BCUT2D eigenvalue weighted by molar-refractivity contribution is 0.0627. The molecule has 0 N–H and O–H groups in total. The van der Waals surface area contributed by atoms with Crippen molar-refractivity contribution >= 4 is 33.8 Å². The number of ether oxygens (including phenoxy) is 1. The molecule has 1 amide bonds. The molecule has 0 spiro atoms. The first-order valence-corrected chi connectivity index (χ1v) is 12.0. The number of fused-ring (bicyclic) bond motifs is 1. The van der Waals surface area contributed by atoms with Crippen LogP contribution < -0.4 is 10.3 Å². The number of aromatic nitrogens is 3. The van der Waals surface area contributed by atoms with E-state index in [0.29, 0.717) is 59.0 Å². The number of piperazine rings is 1. The summed E-state index contributed by atoms with van der Waals surface area (Å²) in [6.45, 7) is 3.19. The van der Waals surface area contributed by atoms with Crippen LogP contribution in [0.25, 0.3) is 15.5 Å². The molecule has 8 nitrogen and oxygen atoms in total. The quantitative estimate of drug-likeness (QED) is 0.422. The predicted molar refractivity (Wildman–Crippen MR) is 132 cm³/mol. The number of rotatable bonds is 5. The van der Waals surface area contributed by atoms with Crippen LogP contribution in [0.15, 0.2) is 59.4 Å². The van der Waals surface area contributed by atoms with Gasteiger partial charge in [-0.15, -0.1) is 0 Å². The van der Waals surface area contributed by atoms with Gasteiger partial charge in [-0.2, -0.15) is 9.61 Å². The first-order chi connectivity index (χ1) is 16.5. The van der Waals surface area contributed by atoms with Crippen molar-refractivity contribution in [1.29, 1.82) is 0 Å². The highest BCUT2D eigenvalue weighted by atomic mass is 35.5. The SMILES string of the molecule is COc1ccc(C(=O)N2CCN(Cc3cc(=O)n4nc(-c5cccc(Cl)c5)sc4n3)CC2)cc1. The van der Waals surface area contributed by atoms with Gasteiger partial charge >= 0.3 is 0 Å². The maximum atomic E-state index is 12.8. The summed E-state index contributed by atoms with van der Waals surface area (Å²) < 4.78 is 6.49. The van der Waals surface area contributed by atoms with Gasteiger partial charge in [0.2, 0.25) is 4.96 Å². The van der Waals surface area contributed by atoms with Crippen LogP contribution in [0, 0.1) is 0 Å².